The first-order chi connectivity index (χ1) is 8.33. The van der Waals surface area contributed by atoms with Crippen molar-refractivity contribution in [1.29, 1.82) is 0 Å². The summed E-state index contributed by atoms with van der Waals surface area (Å²) in [6.45, 7) is 1.72. The number of hydrogen-bond acceptors (Lipinski definition) is 3. The van der Waals surface area contributed by atoms with Gasteiger partial charge in [0.25, 0.3) is 0 Å². The van der Waals surface area contributed by atoms with Gasteiger partial charge in [-0.1, -0.05) is 0 Å². The Morgan fingerprint density at radius 2 is 2.41 bits per heavy atom. The van der Waals surface area contributed by atoms with E-state index in [9.17, 15) is 5.11 Å². The molecule has 0 aliphatic carbocycles. The molecule has 0 aromatic carbocycles. The van der Waals surface area contributed by atoms with Gasteiger partial charge in [-0.25, -0.2) is 4.98 Å². The van der Waals surface area contributed by atoms with Gasteiger partial charge in [0, 0.05) is 19.6 Å². The largest absolute Gasteiger partial charge is 0.506 e. The van der Waals surface area contributed by atoms with Crippen LogP contribution in [-0.2, 0) is 11.2 Å². The highest BCUT2D eigenvalue weighted by molar-refractivity contribution is 5.48. The van der Waals surface area contributed by atoms with Crippen molar-refractivity contribution in [3.05, 3.63) is 30.4 Å². The Kier molecular flexibility index (Phi) is 2.73. The van der Waals surface area contributed by atoms with Crippen molar-refractivity contribution in [2.45, 2.75) is 19.3 Å². The molecule has 17 heavy (non-hydrogen) atoms. The standard InChI is InChI=1S/C13H16N2O2/c16-12-4-3-11-7-14-13(15(11)8-12)6-10-2-1-5-17-9-10/h3-4,7-8,10,16H,1-2,5-6,9H2. The summed E-state index contributed by atoms with van der Waals surface area (Å²) in [6, 6.07) is 3.56. The van der Waals surface area contributed by atoms with Gasteiger partial charge in [0.05, 0.1) is 17.9 Å². The Balaban J connectivity index is 1.86. The Morgan fingerprint density at radius 1 is 1.47 bits per heavy atom. The number of nitrogens with zero attached hydrogens (tertiary/aromatic N) is 2. The minimum absolute atomic E-state index is 0.275. The summed E-state index contributed by atoms with van der Waals surface area (Å²) in [5, 5.41) is 9.51. The molecule has 2 aromatic rings. The summed E-state index contributed by atoms with van der Waals surface area (Å²) in [7, 11) is 0. The highest BCUT2D eigenvalue weighted by Gasteiger charge is 2.16. The molecule has 1 fully saturated rings. The lowest BCUT2D eigenvalue weighted by atomic mass is 9.98. The van der Waals surface area contributed by atoms with Gasteiger partial charge in [-0.15, -0.1) is 0 Å². The number of pyridine rings is 1. The molecule has 1 atom stereocenters. The lowest BCUT2D eigenvalue weighted by Crippen LogP contribution is -2.20. The van der Waals surface area contributed by atoms with E-state index < -0.39 is 0 Å². The SMILES string of the molecule is Oc1ccc2cnc(CC3CCCOC3)n2c1. The molecule has 1 aliphatic heterocycles. The molecule has 4 nitrogen and oxygen atoms in total. The van der Waals surface area contributed by atoms with Gasteiger partial charge < -0.3 is 14.2 Å². The van der Waals surface area contributed by atoms with Crippen LogP contribution in [0.2, 0.25) is 0 Å². The number of imidazole rings is 1. The van der Waals surface area contributed by atoms with E-state index in [1.165, 1.54) is 6.42 Å². The first kappa shape index (κ1) is 10.6. The second-order valence-corrected chi connectivity index (χ2v) is 4.64. The maximum atomic E-state index is 9.51. The molecule has 0 amide bonds. The number of aromatic hydroxyl groups is 1. The molecule has 0 radical (unpaired) electrons. The van der Waals surface area contributed by atoms with E-state index in [4.69, 9.17) is 4.74 Å². The van der Waals surface area contributed by atoms with Crippen LogP contribution in [0.3, 0.4) is 0 Å². The lowest BCUT2D eigenvalue weighted by molar-refractivity contribution is 0.0542. The van der Waals surface area contributed by atoms with E-state index in [0.29, 0.717) is 5.92 Å². The number of fused-ring (bicyclic) bond motifs is 1. The maximum absolute atomic E-state index is 9.51. The van der Waals surface area contributed by atoms with Crippen molar-refractivity contribution in [2.24, 2.45) is 5.92 Å². The normalized spacial score (nSPS) is 20.8. The zero-order chi connectivity index (χ0) is 11.7. The lowest BCUT2D eigenvalue weighted by Gasteiger charge is -2.21. The van der Waals surface area contributed by atoms with Crippen LogP contribution < -0.4 is 0 Å². The van der Waals surface area contributed by atoms with Gasteiger partial charge in [-0.05, 0) is 30.9 Å². The Labute approximate surface area is 99.9 Å². The molecular weight excluding hydrogens is 216 g/mol. The van der Waals surface area contributed by atoms with Gasteiger partial charge in [0.1, 0.15) is 11.6 Å². The van der Waals surface area contributed by atoms with Crippen LogP contribution in [0, 0.1) is 5.92 Å². The van der Waals surface area contributed by atoms with Crippen LogP contribution >= 0.6 is 0 Å². The maximum Gasteiger partial charge on any atom is 0.132 e. The molecule has 1 unspecified atom stereocenters. The predicted octanol–water partition coefficient (Wildman–Crippen LogP) is 2.01. The van der Waals surface area contributed by atoms with Crippen molar-refractivity contribution in [3.8, 4) is 5.75 Å². The van der Waals surface area contributed by atoms with E-state index in [-0.39, 0.29) is 5.75 Å². The molecule has 1 N–H and O–H groups in total. The first-order valence-electron chi connectivity index (χ1n) is 6.05. The quantitative estimate of drug-likeness (QED) is 0.861. The Bertz CT molecular complexity index is 515. The molecule has 1 aliphatic rings. The van der Waals surface area contributed by atoms with Crippen LogP contribution in [0.15, 0.2) is 24.5 Å². The first-order valence-corrected chi connectivity index (χ1v) is 6.05. The van der Waals surface area contributed by atoms with Gasteiger partial charge >= 0.3 is 0 Å². The van der Waals surface area contributed by atoms with Gasteiger partial charge in [-0.2, -0.15) is 0 Å². The summed E-state index contributed by atoms with van der Waals surface area (Å²) < 4.78 is 7.44. The minimum atomic E-state index is 0.275. The van der Waals surface area contributed by atoms with Crippen LogP contribution in [-0.4, -0.2) is 27.7 Å². The van der Waals surface area contributed by atoms with Crippen molar-refractivity contribution in [3.63, 3.8) is 0 Å². The fourth-order valence-electron chi connectivity index (χ4n) is 2.41. The summed E-state index contributed by atoms with van der Waals surface area (Å²) in [5.74, 6) is 1.83. The summed E-state index contributed by atoms with van der Waals surface area (Å²) in [5.41, 5.74) is 1.02. The molecule has 2 aromatic heterocycles. The van der Waals surface area contributed by atoms with Crippen molar-refractivity contribution in [1.82, 2.24) is 9.38 Å². The third kappa shape index (κ3) is 2.13. The minimum Gasteiger partial charge on any atom is -0.506 e. The number of hydrogen-bond donors (Lipinski definition) is 1. The van der Waals surface area contributed by atoms with Crippen LogP contribution in [0.1, 0.15) is 18.7 Å². The topological polar surface area (TPSA) is 46.8 Å². The van der Waals surface area contributed by atoms with E-state index in [1.54, 1.807) is 12.3 Å². The van der Waals surface area contributed by atoms with E-state index in [0.717, 1.165) is 37.4 Å². The van der Waals surface area contributed by atoms with Gasteiger partial charge in [0.15, 0.2) is 0 Å². The zero-order valence-electron chi connectivity index (χ0n) is 9.67. The van der Waals surface area contributed by atoms with Crippen molar-refractivity contribution < 1.29 is 9.84 Å². The fraction of sp³-hybridized carbons (Fsp3) is 0.462. The summed E-state index contributed by atoms with van der Waals surface area (Å²) in [4.78, 5) is 4.43. The third-order valence-electron chi connectivity index (χ3n) is 3.31. The number of aromatic nitrogens is 2. The molecule has 4 heteroatoms. The Hall–Kier alpha value is -1.55. The second-order valence-electron chi connectivity index (χ2n) is 4.64. The molecule has 0 spiro atoms. The van der Waals surface area contributed by atoms with Crippen molar-refractivity contribution >= 4 is 5.52 Å². The third-order valence-corrected chi connectivity index (χ3v) is 3.31. The van der Waals surface area contributed by atoms with Crippen LogP contribution in [0.4, 0.5) is 0 Å². The summed E-state index contributed by atoms with van der Waals surface area (Å²) in [6.07, 6.45) is 6.82. The molecule has 3 heterocycles. The zero-order valence-corrected chi connectivity index (χ0v) is 9.67. The Morgan fingerprint density at radius 3 is 3.24 bits per heavy atom. The van der Waals surface area contributed by atoms with Crippen LogP contribution in [0.5, 0.6) is 5.75 Å². The predicted molar refractivity (Wildman–Crippen MR) is 64.1 cm³/mol. The highest BCUT2D eigenvalue weighted by Crippen LogP contribution is 2.20. The highest BCUT2D eigenvalue weighted by atomic mass is 16.5. The molecule has 0 saturated carbocycles. The molecule has 3 rings (SSSR count). The van der Waals surface area contributed by atoms with Crippen LogP contribution in [0.25, 0.3) is 5.52 Å². The monoisotopic (exact) mass is 232 g/mol. The molecule has 0 bridgehead atoms. The average molecular weight is 232 g/mol. The van der Waals surface area contributed by atoms with E-state index in [2.05, 4.69) is 4.98 Å². The molecular formula is C13H16N2O2. The fourth-order valence-corrected chi connectivity index (χ4v) is 2.41. The second kappa shape index (κ2) is 4.37. The van der Waals surface area contributed by atoms with E-state index in [1.807, 2.05) is 16.7 Å². The van der Waals surface area contributed by atoms with Gasteiger partial charge in [-0.3, -0.25) is 0 Å². The summed E-state index contributed by atoms with van der Waals surface area (Å²) >= 11 is 0. The number of ether oxygens (including phenoxy) is 1. The van der Waals surface area contributed by atoms with Gasteiger partial charge in [0.2, 0.25) is 0 Å². The average Bonchev–Trinajstić information content (AvgIpc) is 2.73. The smallest absolute Gasteiger partial charge is 0.132 e. The molecule has 90 valence electrons. The van der Waals surface area contributed by atoms with Crippen molar-refractivity contribution in [2.75, 3.05) is 13.2 Å². The van der Waals surface area contributed by atoms with E-state index >= 15 is 0 Å². The number of rotatable bonds is 2. The molecule has 1 saturated heterocycles.